The molecule has 23 heavy (non-hydrogen) atoms. The minimum absolute atomic E-state index is 0.109. The largest absolute Gasteiger partial charge is 0.573 e. The van der Waals surface area contributed by atoms with E-state index in [0.717, 1.165) is 12.1 Å². The lowest BCUT2D eigenvalue weighted by Gasteiger charge is -2.11. The molecule has 7 heteroatoms. The molecule has 0 saturated heterocycles. The number of aromatic hydroxyl groups is 1. The summed E-state index contributed by atoms with van der Waals surface area (Å²) < 4.78 is 45.0. The molecule has 0 heterocycles. The monoisotopic (exact) mass is 326 g/mol. The van der Waals surface area contributed by atoms with Gasteiger partial charge in [0.25, 0.3) is 0 Å². The van der Waals surface area contributed by atoms with E-state index in [2.05, 4.69) is 4.74 Å². The van der Waals surface area contributed by atoms with Gasteiger partial charge in [0.05, 0.1) is 12.2 Å². The predicted molar refractivity (Wildman–Crippen MR) is 76.2 cm³/mol. The van der Waals surface area contributed by atoms with Crippen LogP contribution in [-0.4, -0.2) is 24.0 Å². The standard InChI is InChI=1S/C16H13F3O4/c1-2-22-15(21)11-5-8-14(20)13(9-11)10-3-6-12(7-4-10)23-16(17,18)19/h3-9,20H,2H2,1H3. The molecule has 0 spiro atoms. The van der Waals surface area contributed by atoms with Gasteiger partial charge in [-0.1, -0.05) is 12.1 Å². The van der Waals surface area contributed by atoms with Gasteiger partial charge in [-0.2, -0.15) is 0 Å². The lowest BCUT2D eigenvalue weighted by atomic mass is 10.0. The van der Waals surface area contributed by atoms with Gasteiger partial charge in [0.1, 0.15) is 11.5 Å². The van der Waals surface area contributed by atoms with Crippen LogP contribution in [0.5, 0.6) is 11.5 Å². The highest BCUT2D eigenvalue weighted by Crippen LogP contribution is 2.32. The number of hydrogen-bond acceptors (Lipinski definition) is 4. The molecular formula is C16H13F3O4. The third kappa shape index (κ3) is 4.38. The van der Waals surface area contributed by atoms with Crippen LogP contribution < -0.4 is 4.74 Å². The molecule has 4 nitrogen and oxygen atoms in total. The van der Waals surface area contributed by atoms with Crippen LogP contribution >= 0.6 is 0 Å². The fourth-order valence-corrected chi connectivity index (χ4v) is 1.94. The van der Waals surface area contributed by atoms with Gasteiger partial charge in [0.2, 0.25) is 0 Å². The van der Waals surface area contributed by atoms with Crippen molar-refractivity contribution in [3.63, 3.8) is 0 Å². The van der Waals surface area contributed by atoms with Crippen molar-refractivity contribution >= 4 is 5.97 Å². The first-order chi connectivity index (χ1) is 10.8. The van der Waals surface area contributed by atoms with Gasteiger partial charge in [0.15, 0.2) is 0 Å². The van der Waals surface area contributed by atoms with Crippen LogP contribution in [0.4, 0.5) is 13.2 Å². The van der Waals surface area contributed by atoms with Gasteiger partial charge >= 0.3 is 12.3 Å². The second-order valence-corrected chi connectivity index (χ2v) is 4.52. The van der Waals surface area contributed by atoms with E-state index in [9.17, 15) is 23.1 Å². The van der Waals surface area contributed by atoms with Gasteiger partial charge < -0.3 is 14.6 Å². The number of phenolic OH excluding ortho intramolecular Hbond substituents is 1. The lowest BCUT2D eigenvalue weighted by Crippen LogP contribution is -2.16. The molecule has 0 aliphatic rings. The van der Waals surface area contributed by atoms with Gasteiger partial charge in [-0.05, 0) is 42.8 Å². The SMILES string of the molecule is CCOC(=O)c1ccc(O)c(-c2ccc(OC(F)(F)F)cc2)c1. The molecule has 0 aliphatic carbocycles. The first kappa shape index (κ1) is 16.7. The van der Waals surface area contributed by atoms with Gasteiger partial charge in [-0.3, -0.25) is 0 Å². The first-order valence-corrected chi connectivity index (χ1v) is 6.66. The summed E-state index contributed by atoms with van der Waals surface area (Å²) in [6.07, 6.45) is -4.77. The minimum atomic E-state index is -4.77. The van der Waals surface area contributed by atoms with Crippen molar-refractivity contribution in [1.82, 2.24) is 0 Å². The number of alkyl halides is 3. The third-order valence-electron chi connectivity index (χ3n) is 2.91. The first-order valence-electron chi connectivity index (χ1n) is 6.66. The maximum atomic E-state index is 12.1. The summed E-state index contributed by atoms with van der Waals surface area (Å²) in [5.41, 5.74) is 0.965. The smallest absolute Gasteiger partial charge is 0.507 e. The number of hydrogen-bond donors (Lipinski definition) is 1. The Morgan fingerprint density at radius 3 is 2.35 bits per heavy atom. The highest BCUT2D eigenvalue weighted by atomic mass is 19.4. The molecule has 2 aromatic rings. The maximum Gasteiger partial charge on any atom is 0.573 e. The molecule has 0 atom stereocenters. The van der Waals surface area contributed by atoms with Gasteiger partial charge in [0, 0.05) is 5.56 Å². The lowest BCUT2D eigenvalue weighted by molar-refractivity contribution is -0.274. The van der Waals surface area contributed by atoms with Crippen molar-refractivity contribution in [2.45, 2.75) is 13.3 Å². The highest BCUT2D eigenvalue weighted by molar-refractivity contribution is 5.92. The Labute approximate surface area is 130 Å². The molecule has 0 amide bonds. The van der Waals surface area contributed by atoms with E-state index >= 15 is 0 Å². The van der Waals surface area contributed by atoms with E-state index in [4.69, 9.17) is 4.74 Å². The molecular weight excluding hydrogens is 313 g/mol. The Bertz CT molecular complexity index is 693. The molecule has 0 aliphatic heterocycles. The van der Waals surface area contributed by atoms with E-state index in [-0.39, 0.29) is 23.7 Å². The number of carbonyl (C=O) groups excluding carboxylic acids is 1. The summed E-state index contributed by atoms with van der Waals surface area (Å²) in [5.74, 6) is -1.03. The quantitative estimate of drug-likeness (QED) is 0.858. The molecule has 1 N–H and O–H groups in total. The Morgan fingerprint density at radius 2 is 1.78 bits per heavy atom. The molecule has 0 saturated carbocycles. The summed E-state index contributed by atoms with van der Waals surface area (Å²) in [6, 6.07) is 9.08. The van der Waals surface area contributed by atoms with Crippen molar-refractivity contribution in [2.75, 3.05) is 6.61 Å². The number of phenols is 1. The fourth-order valence-electron chi connectivity index (χ4n) is 1.94. The number of esters is 1. The predicted octanol–water partition coefficient (Wildman–Crippen LogP) is 4.13. The Hall–Kier alpha value is -2.70. The van der Waals surface area contributed by atoms with E-state index in [1.54, 1.807) is 6.92 Å². The Balaban J connectivity index is 2.30. The van der Waals surface area contributed by atoms with Crippen LogP contribution in [0.3, 0.4) is 0 Å². The van der Waals surface area contributed by atoms with Gasteiger partial charge in [-0.15, -0.1) is 13.2 Å². The van der Waals surface area contributed by atoms with Crippen LogP contribution in [0.15, 0.2) is 42.5 Å². The van der Waals surface area contributed by atoms with E-state index in [0.29, 0.717) is 11.1 Å². The number of carbonyl (C=O) groups is 1. The average Bonchev–Trinajstić information content (AvgIpc) is 2.47. The van der Waals surface area contributed by atoms with Crippen LogP contribution in [0.1, 0.15) is 17.3 Å². The molecule has 2 aromatic carbocycles. The number of rotatable bonds is 4. The minimum Gasteiger partial charge on any atom is -0.507 e. The van der Waals surface area contributed by atoms with E-state index < -0.39 is 12.3 Å². The molecule has 0 unspecified atom stereocenters. The summed E-state index contributed by atoms with van der Waals surface area (Å²) in [4.78, 5) is 11.7. The van der Waals surface area contributed by atoms with Crippen LogP contribution in [-0.2, 0) is 4.74 Å². The average molecular weight is 326 g/mol. The maximum absolute atomic E-state index is 12.1. The molecule has 0 fully saturated rings. The highest BCUT2D eigenvalue weighted by Gasteiger charge is 2.31. The normalized spacial score (nSPS) is 11.1. The zero-order chi connectivity index (χ0) is 17.0. The number of halogens is 3. The van der Waals surface area contributed by atoms with Crippen molar-refractivity contribution < 1.29 is 32.5 Å². The number of benzene rings is 2. The second kappa shape index (κ2) is 6.60. The molecule has 0 bridgehead atoms. The van der Waals surface area contributed by atoms with Gasteiger partial charge in [-0.25, -0.2) is 4.79 Å². The topological polar surface area (TPSA) is 55.8 Å². The fraction of sp³-hybridized carbons (Fsp3) is 0.188. The second-order valence-electron chi connectivity index (χ2n) is 4.52. The van der Waals surface area contributed by atoms with Crippen molar-refractivity contribution in [1.29, 1.82) is 0 Å². The Kier molecular flexibility index (Phi) is 4.78. The summed E-state index contributed by atoms with van der Waals surface area (Å²) >= 11 is 0. The van der Waals surface area contributed by atoms with Crippen molar-refractivity contribution in [3.8, 4) is 22.6 Å². The molecule has 122 valence electrons. The van der Waals surface area contributed by atoms with Crippen LogP contribution in [0, 0.1) is 0 Å². The summed E-state index contributed by atoms with van der Waals surface area (Å²) in [6.45, 7) is 1.87. The molecule has 2 rings (SSSR count). The van der Waals surface area contributed by atoms with Crippen LogP contribution in [0.25, 0.3) is 11.1 Å². The molecule has 0 radical (unpaired) electrons. The number of ether oxygens (including phenoxy) is 2. The zero-order valence-corrected chi connectivity index (χ0v) is 12.1. The van der Waals surface area contributed by atoms with Crippen LogP contribution in [0.2, 0.25) is 0 Å². The summed E-state index contributed by atoms with van der Waals surface area (Å²) in [7, 11) is 0. The van der Waals surface area contributed by atoms with Crippen molar-refractivity contribution in [3.05, 3.63) is 48.0 Å². The van der Waals surface area contributed by atoms with E-state index in [1.807, 2.05) is 0 Å². The zero-order valence-electron chi connectivity index (χ0n) is 12.1. The van der Waals surface area contributed by atoms with Crippen molar-refractivity contribution in [2.24, 2.45) is 0 Å². The Morgan fingerprint density at radius 1 is 1.13 bits per heavy atom. The van der Waals surface area contributed by atoms with E-state index in [1.165, 1.54) is 30.3 Å². The third-order valence-corrected chi connectivity index (χ3v) is 2.91. The molecule has 0 aromatic heterocycles. The summed E-state index contributed by atoms with van der Waals surface area (Å²) in [5, 5.41) is 9.89.